The van der Waals surface area contributed by atoms with Crippen LogP contribution in [0.15, 0.2) is 11.5 Å². The minimum absolute atomic E-state index is 0.222. The first-order chi connectivity index (χ1) is 3.43. The summed E-state index contributed by atoms with van der Waals surface area (Å²) < 4.78 is 0. The number of carbonyl (C=O) groups excluding carboxylic acids is 1. The molecule has 1 nitrogen and oxygen atoms in total. The minimum Gasteiger partial charge on any atom is -0.302 e. The molecule has 1 aliphatic heterocycles. The molecule has 0 saturated carbocycles. The van der Waals surface area contributed by atoms with Gasteiger partial charge in [0.2, 0.25) is 0 Å². The Morgan fingerprint density at radius 2 is 2.71 bits per heavy atom. The lowest BCUT2D eigenvalue weighted by molar-refractivity contribution is -0.107. The van der Waals surface area contributed by atoms with Gasteiger partial charge in [-0.25, -0.2) is 0 Å². The van der Waals surface area contributed by atoms with E-state index < -0.39 is 0 Å². The molecule has 1 heterocycles. The van der Waals surface area contributed by atoms with Crippen molar-refractivity contribution in [1.29, 1.82) is 0 Å². The summed E-state index contributed by atoms with van der Waals surface area (Å²) in [5.74, 6) is 0. The molecule has 38 valence electrons. The molecule has 0 aromatic rings. The third-order valence-corrected chi connectivity index (χ3v) is 1.87. The van der Waals surface area contributed by atoms with Crippen molar-refractivity contribution in [1.82, 2.24) is 0 Å². The molecule has 2 heteroatoms. The van der Waals surface area contributed by atoms with Crippen LogP contribution in [-0.4, -0.2) is 11.5 Å². The Morgan fingerprint density at radius 3 is 3.00 bits per heavy atom. The van der Waals surface area contributed by atoms with Gasteiger partial charge in [0.1, 0.15) is 6.29 Å². The molecule has 0 aromatic carbocycles. The van der Waals surface area contributed by atoms with Crippen LogP contribution >= 0.6 is 11.8 Å². The summed E-state index contributed by atoms with van der Waals surface area (Å²) in [5, 5.41) is 2.19. The highest BCUT2D eigenvalue weighted by Crippen LogP contribution is 2.21. The first-order valence-corrected chi connectivity index (χ1v) is 3.13. The second-order valence-electron chi connectivity index (χ2n) is 1.42. The number of allylic oxidation sites excluding steroid dienone is 1. The maximum absolute atomic E-state index is 9.95. The van der Waals surface area contributed by atoms with Crippen LogP contribution in [0.4, 0.5) is 0 Å². The van der Waals surface area contributed by atoms with Gasteiger partial charge in [-0.3, -0.25) is 0 Å². The van der Waals surface area contributed by atoms with Crippen molar-refractivity contribution in [2.24, 2.45) is 0 Å². The summed E-state index contributed by atoms with van der Waals surface area (Å²) in [5.41, 5.74) is 0. The zero-order valence-electron chi connectivity index (χ0n) is 3.83. The summed E-state index contributed by atoms with van der Waals surface area (Å²) >= 11 is 1.59. The topological polar surface area (TPSA) is 17.1 Å². The van der Waals surface area contributed by atoms with Gasteiger partial charge in [-0.2, -0.15) is 0 Å². The summed E-state index contributed by atoms with van der Waals surface area (Å²) in [7, 11) is 0. The van der Waals surface area contributed by atoms with Crippen LogP contribution in [0.5, 0.6) is 0 Å². The molecule has 1 unspecified atom stereocenters. The Labute approximate surface area is 46.8 Å². The number of hydrogen-bond donors (Lipinski definition) is 0. The highest BCUT2D eigenvalue weighted by Gasteiger charge is 2.06. The van der Waals surface area contributed by atoms with Gasteiger partial charge in [0.15, 0.2) is 0 Å². The van der Waals surface area contributed by atoms with Crippen molar-refractivity contribution >= 4 is 18.0 Å². The molecular weight excluding hydrogens is 108 g/mol. The van der Waals surface area contributed by atoms with Crippen molar-refractivity contribution < 1.29 is 4.79 Å². The molecule has 0 amide bonds. The maximum Gasteiger partial charge on any atom is 0.133 e. The van der Waals surface area contributed by atoms with Gasteiger partial charge in [-0.15, -0.1) is 11.8 Å². The molecule has 0 radical (unpaired) electrons. The van der Waals surface area contributed by atoms with Crippen LogP contribution in [0.25, 0.3) is 0 Å². The molecule has 0 bridgehead atoms. The van der Waals surface area contributed by atoms with Crippen molar-refractivity contribution in [3.63, 3.8) is 0 Å². The molecule has 0 saturated heterocycles. The molecule has 7 heavy (non-hydrogen) atoms. The predicted molar refractivity (Wildman–Crippen MR) is 31.2 cm³/mol. The van der Waals surface area contributed by atoms with Crippen LogP contribution < -0.4 is 0 Å². The lowest BCUT2D eigenvalue weighted by Gasteiger charge is -1.90. The van der Waals surface area contributed by atoms with Gasteiger partial charge in [0, 0.05) is 0 Å². The van der Waals surface area contributed by atoms with E-state index in [2.05, 4.69) is 0 Å². The molecule has 1 atom stereocenters. The first-order valence-electron chi connectivity index (χ1n) is 2.19. The van der Waals surface area contributed by atoms with E-state index in [9.17, 15) is 4.79 Å². The summed E-state index contributed by atoms with van der Waals surface area (Å²) in [4.78, 5) is 9.95. The van der Waals surface area contributed by atoms with Gasteiger partial charge < -0.3 is 4.79 Å². The van der Waals surface area contributed by atoms with Crippen LogP contribution in [0, 0.1) is 0 Å². The van der Waals surface area contributed by atoms with Crippen molar-refractivity contribution in [3.05, 3.63) is 11.5 Å². The SMILES string of the molecule is O=CC1CC=CS1. The number of carbonyl (C=O) groups is 1. The fraction of sp³-hybridized carbons (Fsp3) is 0.400. The Morgan fingerprint density at radius 1 is 1.86 bits per heavy atom. The Bertz CT molecular complexity index is 90.3. The van der Waals surface area contributed by atoms with E-state index >= 15 is 0 Å². The third kappa shape index (κ3) is 1.06. The quantitative estimate of drug-likeness (QED) is 0.476. The second kappa shape index (κ2) is 2.17. The predicted octanol–water partition coefficient (Wildman–Crippen LogP) is 1.20. The highest BCUT2D eigenvalue weighted by molar-refractivity contribution is 8.03. The van der Waals surface area contributed by atoms with E-state index in [-0.39, 0.29) is 5.25 Å². The fourth-order valence-electron chi connectivity index (χ4n) is 0.489. The van der Waals surface area contributed by atoms with Crippen LogP contribution in [-0.2, 0) is 4.79 Å². The molecule has 0 aliphatic carbocycles. The zero-order chi connectivity index (χ0) is 5.11. The summed E-state index contributed by atoms with van der Waals surface area (Å²) in [6, 6.07) is 0. The average Bonchev–Trinajstić information content (AvgIpc) is 2.14. The van der Waals surface area contributed by atoms with Gasteiger partial charge in [-0.1, -0.05) is 6.08 Å². The van der Waals surface area contributed by atoms with E-state index in [1.807, 2.05) is 11.5 Å². The monoisotopic (exact) mass is 114 g/mol. The van der Waals surface area contributed by atoms with Crippen LogP contribution in [0.2, 0.25) is 0 Å². The number of hydrogen-bond acceptors (Lipinski definition) is 2. The standard InChI is InChI=1S/C5H6OS/c6-4-5-2-1-3-7-5/h1,3-5H,2H2. The molecule has 1 aliphatic rings. The largest absolute Gasteiger partial charge is 0.302 e. The molecule has 0 aromatic heterocycles. The van der Waals surface area contributed by atoms with Crippen molar-refractivity contribution in [2.75, 3.05) is 0 Å². The van der Waals surface area contributed by atoms with Gasteiger partial charge >= 0.3 is 0 Å². The van der Waals surface area contributed by atoms with Crippen LogP contribution in [0.3, 0.4) is 0 Å². The lowest BCUT2D eigenvalue weighted by atomic mass is 10.3. The van der Waals surface area contributed by atoms with E-state index in [4.69, 9.17) is 0 Å². The van der Waals surface area contributed by atoms with Gasteiger partial charge in [-0.05, 0) is 11.8 Å². The smallest absolute Gasteiger partial charge is 0.133 e. The number of thioether (sulfide) groups is 1. The number of rotatable bonds is 1. The molecule has 0 fully saturated rings. The van der Waals surface area contributed by atoms with Crippen molar-refractivity contribution in [2.45, 2.75) is 11.7 Å². The Kier molecular flexibility index (Phi) is 1.52. The highest BCUT2D eigenvalue weighted by atomic mass is 32.2. The van der Waals surface area contributed by atoms with Crippen LogP contribution in [0.1, 0.15) is 6.42 Å². The Hall–Kier alpha value is -0.240. The molecular formula is C5H6OS. The summed E-state index contributed by atoms with van der Waals surface area (Å²) in [6.45, 7) is 0. The normalized spacial score (nSPS) is 28.3. The van der Waals surface area contributed by atoms with E-state index in [0.717, 1.165) is 12.7 Å². The second-order valence-corrected chi connectivity index (χ2v) is 2.57. The van der Waals surface area contributed by atoms with Gasteiger partial charge in [0.25, 0.3) is 0 Å². The van der Waals surface area contributed by atoms with Crippen molar-refractivity contribution in [3.8, 4) is 0 Å². The Balaban J connectivity index is 2.35. The third-order valence-electron chi connectivity index (χ3n) is 0.870. The zero-order valence-corrected chi connectivity index (χ0v) is 4.65. The first kappa shape index (κ1) is 4.91. The average molecular weight is 114 g/mol. The van der Waals surface area contributed by atoms with Gasteiger partial charge in [0.05, 0.1) is 5.25 Å². The maximum atomic E-state index is 9.95. The van der Waals surface area contributed by atoms with E-state index in [1.54, 1.807) is 11.8 Å². The van der Waals surface area contributed by atoms with E-state index in [1.165, 1.54) is 0 Å². The molecule has 1 rings (SSSR count). The molecule has 0 N–H and O–H groups in total. The minimum atomic E-state index is 0.222. The fourth-order valence-corrected chi connectivity index (χ4v) is 1.20. The van der Waals surface area contributed by atoms with E-state index in [0.29, 0.717) is 0 Å². The molecule has 0 spiro atoms. The number of aldehydes is 1. The summed E-state index contributed by atoms with van der Waals surface area (Å²) in [6.07, 6.45) is 3.93. The lowest BCUT2D eigenvalue weighted by Crippen LogP contribution is -1.95.